The number of allylic oxidation sites excluding steroid dienone is 1. The van der Waals surface area contributed by atoms with E-state index in [1.165, 1.54) is 76.1 Å². The summed E-state index contributed by atoms with van der Waals surface area (Å²) in [5.41, 5.74) is 11.4. The second kappa shape index (κ2) is 18.1. The first-order valence-corrected chi connectivity index (χ1v) is 22.9. The normalized spacial score (nSPS) is 23.3. The average molecular weight is 874 g/mol. The van der Waals surface area contributed by atoms with Gasteiger partial charge in [-0.2, -0.15) is 0 Å². The second-order valence-electron chi connectivity index (χ2n) is 18.2. The van der Waals surface area contributed by atoms with Gasteiger partial charge in [0, 0.05) is 81.6 Å². The van der Waals surface area contributed by atoms with Crippen molar-refractivity contribution in [2.24, 2.45) is 22.0 Å². The van der Waals surface area contributed by atoms with Crippen LogP contribution in [0.25, 0.3) is 11.0 Å². The zero-order valence-electron chi connectivity index (χ0n) is 35.9. The molecule has 7 N–H and O–H groups in total. The molecule has 4 saturated carbocycles. The third kappa shape index (κ3) is 9.10. The van der Waals surface area contributed by atoms with Crippen LogP contribution in [0.4, 0.5) is 21.5 Å². The number of hydrogen-bond donors (Lipinski definition) is 4. The van der Waals surface area contributed by atoms with Crippen LogP contribution in [-0.2, 0) is 15.7 Å². The number of alkyl halides is 1. The standard InChI is InChI=1S/C30H33FN6O6S.C16H25N.H2O/c1-3-36(4-2)21-5-7-24(27(16-21)43-22-15-20-9-12-32-28(20)33-18-22)29(38)35-44(41)23-6-8-25(26(17-23)37(39)40)34-19-30(31)10-13-42-14-11-30;1-14-9-16(10-14,11-14)13-7-15(4-2-5-15)6-3-12(13)8-17;/h5-9,12,15-18,34H,3-4,10-11,13-14,19H2,1-2H3,(H,32,33)(H,35,38);2-11,17H2,1H3;1H2. The fraction of sp³-hybridized carbons (Fsp3) is 0.522. The van der Waals surface area contributed by atoms with Crippen molar-refractivity contribution in [2.45, 2.75) is 102 Å². The molecule has 4 aromatic rings. The highest BCUT2D eigenvalue weighted by molar-refractivity contribution is 7.83. The summed E-state index contributed by atoms with van der Waals surface area (Å²) in [6, 6.07) is 12.6. The molecular formula is C46H60FN7O7S. The number of nitro benzene ring substituents is 1. The molecule has 14 nitrogen and oxygen atoms in total. The predicted molar refractivity (Wildman–Crippen MR) is 240 cm³/mol. The van der Waals surface area contributed by atoms with Gasteiger partial charge in [-0.15, -0.1) is 0 Å². The maximum Gasteiger partial charge on any atom is 0.293 e. The summed E-state index contributed by atoms with van der Waals surface area (Å²) >= 11 is 0. The van der Waals surface area contributed by atoms with Crippen molar-refractivity contribution in [3.05, 3.63) is 87.7 Å². The summed E-state index contributed by atoms with van der Waals surface area (Å²) in [5, 5.41) is 15.5. The maximum atomic E-state index is 15.0. The number of amides is 1. The van der Waals surface area contributed by atoms with Crippen LogP contribution in [0.3, 0.4) is 0 Å². The Hall–Kier alpha value is -4.90. The third-order valence-corrected chi connectivity index (χ3v) is 15.1. The molecular weight excluding hydrogens is 814 g/mol. The molecule has 5 fully saturated rings. The van der Waals surface area contributed by atoms with E-state index < -0.39 is 27.5 Å². The number of nitro groups is 1. The molecule has 16 heteroatoms. The molecule has 2 aromatic carbocycles. The number of carbonyl (C=O) groups excluding carboxylic acids is 1. The van der Waals surface area contributed by atoms with E-state index in [-0.39, 0.29) is 65.7 Å². The average Bonchev–Trinajstić information content (AvgIpc) is 3.70. The highest BCUT2D eigenvalue weighted by Gasteiger charge is 2.67. The van der Waals surface area contributed by atoms with E-state index in [9.17, 15) is 19.1 Å². The largest absolute Gasteiger partial charge is 0.455 e. The van der Waals surface area contributed by atoms with Crippen LogP contribution in [-0.4, -0.2) is 75.5 Å². The van der Waals surface area contributed by atoms with Crippen molar-refractivity contribution in [3.63, 3.8) is 0 Å². The molecule has 3 heterocycles. The maximum absolute atomic E-state index is 15.0. The topological polar surface area (TPSA) is 209 Å². The van der Waals surface area contributed by atoms with Gasteiger partial charge in [-0.3, -0.25) is 19.6 Å². The van der Waals surface area contributed by atoms with E-state index in [4.69, 9.17) is 15.2 Å². The molecule has 2 aromatic heterocycles. The second-order valence-corrected chi connectivity index (χ2v) is 19.4. The number of rotatable bonds is 14. The molecule has 1 aliphatic heterocycles. The molecule has 334 valence electrons. The number of halogens is 1. The lowest BCUT2D eigenvalue weighted by Crippen LogP contribution is -2.62. The monoisotopic (exact) mass is 873 g/mol. The summed E-state index contributed by atoms with van der Waals surface area (Å²) in [6.45, 7) is 9.22. The summed E-state index contributed by atoms with van der Waals surface area (Å²) < 4.78 is 42.0. The molecule has 6 aliphatic rings. The first kappa shape index (κ1) is 45.1. The van der Waals surface area contributed by atoms with Gasteiger partial charge < -0.3 is 35.9 Å². The lowest BCUT2D eigenvalue weighted by Gasteiger charge is -2.72. The molecule has 62 heavy (non-hydrogen) atoms. The van der Waals surface area contributed by atoms with E-state index in [0.717, 1.165) is 47.6 Å². The lowest BCUT2D eigenvalue weighted by molar-refractivity contribution is -0.384. The summed E-state index contributed by atoms with van der Waals surface area (Å²) in [6.07, 6.45) is 16.8. The van der Waals surface area contributed by atoms with Crippen molar-refractivity contribution in [1.29, 1.82) is 0 Å². The van der Waals surface area contributed by atoms with E-state index >= 15 is 4.39 Å². The Morgan fingerprint density at radius 3 is 2.45 bits per heavy atom. The summed E-state index contributed by atoms with van der Waals surface area (Å²) in [4.78, 5) is 34.0. The highest BCUT2D eigenvalue weighted by atomic mass is 32.2. The zero-order valence-corrected chi connectivity index (χ0v) is 36.8. The lowest BCUT2D eigenvalue weighted by atomic mass is 9.32. The van der Waals surface area contributed by atoms with Crippen molar-refractivity contribution in [2.75, 3.05) is 49.6 Å². The van der Waals surface area contributed by atoms with E-state index in [2.05, 4.69) is 31.8 Å². The van der Waals surface area contributed by atoms with Crippen LogP contribution in [0, 0.1) is 26.4 Å². The minimum absolute atomic E-state index is 0. The Morgan fingerprint density at radius 1 is 1.06 bits per heavy atom. The predicted octanol–water partition coefficient (Wildman–Crippen LogP) is 8.45. The third-order valence-electron chi connectivity index (χ3n) is 14.0. The first-order valence-electron chi connectivity index (χ1n) is 21.7. The quantitative estimate of drug-likeness (QED) is 0.0540. The van der Waals surface area contributed by atoms with Crippen molar-refractivity contribution in [3.8, 4) is 11.5 Å². The fourth-order valence-corrected chi connectivity index (χ4v) is 11.4. The molecule has 10 rings (SSSR count). The number of ether oxygens (including phenoxy) is 2. The molecule has 2 bridgehead atoms. The number of carbonyl (C=O) groups is 1. The fourth-order valence-electron chi connectivity index (χ4n) is 10.6. The van der Waals surface area contributed by atoms with Gasteiger partial charge in [0.25, 0.3) is 11.6 Å². The van der Waals surface area contributed by atoms with Crippen molar-refractivity contribution in [1.82, 2.24) is 14.7 Å². The van der Waals surface area contributed by atoms with Crippen LogP contribution < -0.4 is 25.4 Å². The number of H-pyrrole nitrogens is 1. The van der Waals surface area contributed by atoms with Crippen LogP contribution in [0.1, 0.15) is 102 Å². The highest BCUT2D eigenvalue weighted by Crippen LogP contribution is 2.78. The Bertz CT molecular complexity index is 2330. The van der Waals surface area contributed by atoms with Gasteiger partial charge in [-0.05, 0) is 118 Å². The number of benzene rings is 2. The Balaban J connectivity index is 0.000000264. The van der Waals surface area contributed by atoms with Gasteiger partial charge in [0.05, 0.1) is 21.6 Å². The van der Waals surface area contributed by atoms with Gasteiger partial charge in [-0.25, -0.2) is 13.6 Å². The summed E-state index contributed by atoms with van der Waals surface area (Å²) in [5.74, 6) is -0.0817. The Labute approximate surface area is 364 Å². The molecule has 1 spiro atoms. The van der Waals surface area contributed by atoms with Crippen molar-refractivity contribution >= 4 is 45.0 Å². The number of nitrogens with one attached hydrogen (secondary N) is 3. The number of nitrogens with zero attached hydrogens (tertiary/aromatic N) is 3. The number of nitrogens with two attached hydrogens (primary N) is 1. The smallest absolute Gasteiger partial charge is 0.293 e. The minimum atomic E-state index is -2.16. The minimum Gasteiger partial charge on any atom is -0.455 e. The van der Waals surface area contributed by atoms with E-state index in [1.54, 1.807) is 36.0 Å². The SMILES string of the molecule is CC12CC(C3=C(CN)CCC4(CCC4)C3)(C1)C2.CCN(CC)c1ccc(C(=O)NS(=O)c2ccc(NCC3(F)CCOCC3)c([N+](=O)[O-])c2)c(Oc2cnc3[nH]ccc3c2)c1.O. The number of pyridine rings is 1. The number of aromatic amines is 1. The number of fused-ring (bicyclic) bond motifs is 1. The molecule has 1 amide bonds. The zero-order chi connectivity index (χ0) is 43.0. The van der Waals surface area contributed by atoms with E-state index in [1.807, 2.05) is 25.5 Å². The van der Waals surface area contributed by atoms with Gasteiger partial charge >= 0.3 is 0 Å². The molecule has 5 aliphatic carbocycles. The van der Waals surface area contributed by atoms with Gasteiger partial charge in [0.2, 0.25) is 0 Å². The Kier molecular flexibility index (Phi) is 13.2. The number of aromatic nitrogens is 2. The van der Waals surface area contributed by atoms with Gasteiger partial charge in [0.1, 0.15) is 28.5 Å². The van der Waals surface area contributed by atoms with E-state index in [0.29, 0.717) is 16.8 Å². The molecule has 1 saturated heterocycles. The number of hydrogen-bond acceptors (Lipinski definition) is 10. The summed E-state index contributed by atoms with van der Waals surface area (Å²) in [7, 11) is -2.16. The number of anilines is 2. The van der Waals surface area contributed by atoms with Gasteiger partial charge in [-0.1, -0.05) is 24.5 Å². The van der Waals surface area contributed by atoms with Crippen LogP contribution >= 0.6 is 0 Å². The van der Waals surface area contributed by atoms with Crippen LogP contribution in [0.15, 0.2) is 77.0 Å². The molecule has 0 radical (unpaired) electrons. The first-order chi connectivity index (χ1) is 29.3. The van der Waals surface area contributed by atoms with Crippen molar-refractivity contribution < 1.29 is 33.3 Å². The molecule has 1 unspecified atom stereocenters. The van der Waals surface area contributed by atoms with Gasteiger partial charge in [0.15, 0.2) is 11.0 Å². The van der Waals surface area contributed by atoms with Crippen LogP contribution in [0.5, 0.6) is 11.5 Å². The molecule has 1 atom stereocenters. The Morgan fingerprint density at radius 2 is 1.81 bits per heavy atom. The van der Waals surface area contributed by atoms with Crippen LogP contribution in [0.2, 0.25) is 0 Å².